The average molecular weight is 285 g/mol. The van der Waals surface area contributed by atoms with Crippen molar-refractivity contribution in [2.75, 3.05) is 26.7 Å². The fraction of sp³-hybridized carbons (Fsp3) is 0.538. The Morgan fingerprint density at radius 2 is 2.00 bits per heavy atom. The minimum Gasteiger partial charge on any atom is -0.318 e. The molecule has 0 heterocycles. The smallest absolute Gasteiger partial charge is 0.0245 e. The number of benzene rings is 1. The second-order valence-corrected chi connectivity index (χ2v) is 4.83. The third-order valence-electron chi connectivity index (χ3n) is 2.57. The molecule has 16 heavy (non-hydrogen) atoms. The first-order chi connectivity index (χ1) is 7.77. The minimum atomic E-state index is 1.02. The van der Waals surface area contributed by atoms with Crippen molar-refractivity contribution >= 4 is 15.9 Å². The molecule has 0 aliphatic carbocycles. The molecule has 0 radical (unpaired) electrons. The van der Waals surface area contributed by atoms with E-state index < -0.39 is 0 Å². The van der Waals surface area contributed by atoms with E-state index in [1.165, 1.54) is 16.5 Å². The Morgan fingerprint density at radius 1 is 1.25 bits per heavy atom. The third kappa shape index (κ3) is 4.64. The monoisotopic (exact) mass is 284 g/mol. The Morgan fingerprint density at radius 3 is 2.62 bits per heavy atom. The van der Waals surface area contributed by atoms with Gasteiger partial charge in [0.1, 0.15) is 0 Å². The molecule has 1 rings (SSSR count). The van der Waals surface area contributed by atoms with Crippen LogP contribution in [-0.2, 0) is 6.54 Å². The van der Waals surface area contributed by atoms with E-state index in [1.807, 2.05) is 7.05 Å². The van der Waals surface area contributed by atoms with Crippen LogP contribution in [0, 0.1) is 0 Å². The Labute approximate surface area is 107 Å². The van der Waals surface area contributed by atoms with E-state index in [-0.39, 0.29) is 0 Å². The van der Waals surface area contributed by atoms with E-state index in [0.29, 0.717) is 0 Å². The standard InChI is InChI=1S/C13H21BrN2/c1-3-9-16(10-8-15-2)11-12-6-4-5-7-13(12)14/h4-7,15H,3,8-11H2,1-2H3. The molecule has 0 atom stereocenters. The Bertz CT molecular complexity index is 302. The number of nitrogens with zero attached hydrogens (tertiary/aromatic N) is 1. The molecule has 0 spiro atoms. The topological polar surface area (TPSA) is 15.3 Å². The van der Waals surface area contributed by atoms with Gasteiger partial charge in [0.25, 0.3) is 0 Å². The van der Waals surface area contributed by atoms with Crippen LogP contribution in [0.5, 0.6) is 0 Å². The van der Waals surface area contributed by atoms with E-state index in [9.17, 15) is 0 Å². The maximum Gasteiger partial charge on any atom is 0.0245 e. The van der Waals surface area contributed by atoms with E-state index in [2.05, 4.69) is 57.3 Å². The van der Waals surface area contributed by atoms with Gasteiger partial charge in [0.05, 0.1) is 0 Å². The van der Waals surface area contributed by atoms with Gasteiger partial charge in [-0.3, -0.25) is 4.90 Å². The normalized spacial score (nSPS) is 11.0. The molecular formula is C13H21BrN2. The van der Waals surface area contributed by atoms with Crippen molar-refractivity contribution in [1.82, 2.24) is 10.2 Å². The lowest BCUT2D eigenvalue weighted by Crippen LogP contribution is -2.31. The summed E-state index contributed by atoms with van der Waals surface area (Å²) in [4.78, 5) is 2.48. The minimum absolute atomic E-state index is 1.02. The van der Waals surface area contributed by atoms with Gasteiger partial charge in [0, 0.05) is 24.1 Å². The van der Waals surface area contributed by atoms with Crippen molar-refractivity contribution in [3.05, 3.63) is 34.3 Å². The lowest BCUT2D eigenvalue weighted by molar-refractivity contribution is 0.267. The molecule has 1 N–H and O–H groups in total. The zero-order chi connectivity index (χ0) is 11.8. The van der Waals surface area contributed by atoms with Gasteiger partial charge in [-0.1, -0.05) is 41.1 Å². The molecule has 3 heteroatoms. The van der Waals surface area contributed by atoms with Crippen LogP contribution >= 0.6 is 15.9 Å². The van der Waals surface area contributed by atoms with Crippen molar-refractivity contribution < 1.29 is 0 Å². The second kappa shape index (κ2) is 7.82. The van der Waals surface area contributed by atoms with E-state index in [4.69, 9.17) is 0 Å². The molecule has 90 valence electrons. The molecule has 0 unspecified atom stereocenters. The number of likely N-dealkylation sites (N-methyl/N-ethyl adjacent to an activating group) is 1. The third-order valence-corrected chi connectivity index (χ3v) is 3.34. The van der Waals surface area contributed by atoms with Crippen molar-refractivity contribution in [2.45, 2.75) is 19.9 Å². The maximum absolute atomic E-state index is 3.60. The molecule has 0 aromatic heterocycles. The Balaban J connectivity index is 2.56. The number of halogens is 1. The summed E-state index contributed by atoms with van der Waals surface area (Å²) in [7, 11) is 2.00. The summed E-state index contributed by atoms with van der Waals surface area (Å²) >= 11 is 3.60. The van der Waals surface area contributed by atoms with E-state index in [1.54, 1.807) is 0 Å². The number of hydrogen-bond donors (Lipinski definition) is 1. The summed E-state index contributed by atoms with van der Waals surface area (Å²) in [5.74, 6) is 0. The molecule has 2 nitrogen and oxygen atoms in total. The molecule has 0 saturated carbocycles. The first-order valence-corrected chi connectivity index (χ1v) is 6.67. The van der Waals surface area contributed by atoms with Gasteiger partial charge in [0.2, 0.25) is 0 Å². The van der Waals surface area contributed by atoms with Gasteiger partial charge in [-0.15, -0.1) is 0 Å². The zero-order valence-electron chi connectivity index (χ0n) is 10.2. The van der Waals surface area contributed by atoms with Crippen LogP contribution < -0.4 is 5.32 Å². The molecule has 1 aromatic rings. The Kier molecular flexibility index (Phi) is 6.69. The van der Waals surface area contributed by atoms with Gasteiger partial charge in [-0.25, -0.2) is 0 Å². The van der Waals surface area contributed by atoms with Crippen LogP contribution in [0.15, 0.2) is 28.7 Å². The average Bonchev–Trinajstić information content (AvgIpc) is 2.29. The highest BCUT2D eigenvalue weighted by Crippen LogP contribution is 2.17. The largest absolute Gasteiger partial charge is 0.318 e. The fourth-order valence-corrected chi connectivity index (χ4v) is 2.13. The fourth-order valence-electron chi connectivity index (χ4n) is 1.72. The summed E-state index contributed by atoms with van der Waals surface area (Å²) in [6.07, 6.45) is 1.20. The summed E-state index contributed by atoms with van der Waals surface area (Å²) in [6.45, 7) is 6.56. The lowest BCUT2D eigenvalue weighted by Gasteiger charge is -2.22. The molecule has 0 amide bonds. The summed E-state index contributed by atoms with van der Waals surface area (Å²) in [6, 6.07) is 8.46. The van der Waals surface area contributed by atoms with Gasteiger partial charge in [-0.05, 0) is 31.6 Å². The maximum atomic E-state index is 3.60. The van der Waals surface area contributed by atoms with Gasteiger partial charge >= 0.3 is 0 Å². The van der Waals surface area contributed by atoms with Crippen molar-refractivity contribution in [2.24, 2.45) is 0 Å². The van der Waals surface area contributed by atoms with Crippen molar-refractivity contribution in [3.8, 4) is 0 Å². The summed E-state index contributed by atoms with van der Waals surface area (Å²) in [5, 5.41) is 3.20. The van der Waals surface area contributed by atoms with Crippen LogP contribution in [-0.4, -0.2) is 31.6 Å². The first kappa shape index (κ1) is 13.7. The van der Waals surface area contributed by atoms with Gasteiger partial charge < -0.3 is 5.32 Å². The molecule has 1 aromatic carbocycles. The van der Waals surface area contributed by atoms with Crippen LogP contribution in [0.25, 0.3) is 0 Å². The van der Waals surface area contributed by atoms with Crippen LogP contribution in [0.2, 0.25) is 0 Å². The van der Waals surface area contributed by atoms with Gasteiger partial charge in [0.15, 0.2) is 0 Å². The molecule has 0 aliphatic rings. The SMILES string of the molecule is CCCN(CCNC)Cc1ccccc1Br. The van der Waals surface area contributed by atoms with Crippen LogP contribution in [0.1, 0.15) is 18.9 Å². The van der Waals surface area contributed by atoms with Crippen LogP contribution in [0.3, 0.4) is 0 Å². The first-order valence-electron chi connectivity index (χ1n) is 5.88. The lowest BCUT2D eigenvalue weighted by atomic mass is 10.2. The van der Waals surface area contributed by atoms with E-state index in [0.717, 1.165) is 26.2 Å². The molecule has 0 fully saturated rings. The van der Waals surface area contributed by atoms with Crippen LogP contribution in [0.4, 0.5) is 0 Å². The molecule has 0 bridgehead atoms. The molecular weight excluding hydrogens is 264 g/mol. The second-order valence-electron chi connectivity index (χ2n) is 3.97. The van der Waals surface area contributed by atoms with Crippen molar-refractivity contribution in [3.63, 3.8) is 0 Å². The summed E-state index contributed by atoms with van der Waals surface area (Å²) < 4.78 is 1.21. The number of nitrogens with one attached hydrogen (secondary N) is 1. The molecule has 0 saturated heterocycles. The highest BCUT2D eigenvalue weighted by Gasteiger charge is 2.06. The van der Waals surface area contributed by atoms with E-state index >= 15 is 0 Å². The number of hydrogen-bond acceptors (Lipinski definition) is 2. The quantitative estimate of drug-likeness (QED) is 0.828. The predicted octanol–water partition coefficient (Wildman–Crippen LogP) is 2.88. The van der Waals surface area contributed by atoms with Gasteiger partial charge in [-0.2, -0.15) is 0 Å². The van der Waals surface area contributed by atoms with Crippen molar-refractivity contribution in [1.29, 1.82) is 0 Å². The highest BCUT2D eigenvalue weighted by molar-refractivity contribution is 9.10. The number of rotatable bonds is 7. The molecule has 0 aliphatic heterocycles. The summed E-state index contributed by atoms with van der Waals surface area (Å²) in [5.41, 5.74) is 1.37. The predicted molar refractivity (Wildman–Crippen MR) is 73.6 cm³/mol. The zero-order valence-corrected chi connectivity index (χ0v) is 11.8. The highest BCUT2D eigenvalue weighted by atomic mass is 79.9. The Hall–Kier alpha value is -0.380.